The van der Waals surface area contributed by atoms with Crippen LogP contribution in [0.15, 0.2) is 0 Å². The van der Waals surface area contributed by atoms with Crippen LogP contribution in [0.2, 0.25) is 0 Å². The lowest BCUT2D eigenvalue weighted by Gasteiger charge is -2.59. The maximum atomic E-state index is 12.9. The summed E-state index contributed by atoms with van der Waals surface area (Å²) in [6.45, 7) is 0. The molecule has 0 aromatic heterocycles. The smallest absolute Gasteiger partial charge is 0.327 e. The number of ether oxygens (including phenoxy) is 1. The molecule has 0 aromatic carbocycles. The van der Waals surface area contributed by atoms with Crippen molar-refractivity contribution in [1.29, 1.82) is 0 Å². The molecule has 6 heteroatoms. The van der Waals surface area contributed by atoms with Crippen molar-refractivity contribution in [3.05, 3.63) is 0 Å². The Bertz CT molecular complexity index is 605. The number of methoxy groups -OCH3 is 1. The number of amides is 1. The van der Waals surface area contributed by atoms with Crippen LogP contribution in [0.3, 0.4) is 0 Å². The van der Waals surface area contributed by atoms with E-state index in [-0.39, 0.29) is 18.3 Å². The first-order chi connectivity index (χ1) is 11.3. The average molecular weight is 333 g/mol. The molecule has 3 atom stereocenters. The molecule has 130 valence electrons. The molecule has 0 saturated heterocycles. The van der Waals surface area contributed by atoms with E-state index in [4.69, 9.17) is 11.2 Å². The van der Waals surface area contributed by atoms with Crippen molar-refractivity contribution in [2.75, 3.05) is 7.11 Å². The number of esters is 1. The number of hydrogen-bond acceptors (Lipinski definition) is 4. The normalized spacial score (nSPS) is 37.3. The number of carboxylic acid groups (broad SMARTS) is 1. The van der Waals surface area contributed by atoms with Crippen LogP contribution < -0.4 is 5.32 Å². The predicted octanol–water partition coefficient (Wildman–Crippen LogP) is 1.34. The fourth-order valence-corrected chi connectivity index (χ4v) is 5.61. The molecule has 4 aliphatic carbocycles. The van der Waals surface area contributed by atoms with Crippen molar-refractivity contribution in [2.24, 2.45) is 22.7 Å². The minimum Gasteiger partial charge on any atom is -0.480 e. The van der Waals surface area contributed by atoms with Crippen LogP contribution in [0.1, 0.15) is 44.9 Å². The second-order valence-electron chi connectivity index (χ2n) is 7.79. The quantitative estimate of drug-likeness (QED) is 0.585. The van der Waals surface area contributed by atoms with Crippen molar-refractivity contribution in [3.63, 3.8) is 0 Å². The van der Waals surface area contributed by atoms with Gasteiger partial charge in [-0.1, -0.05) is 0 Å². The van der Waals surface area contributed by atoms with Crippen molar-refractivity contribution in [1.82, 2.24) is 5.32 Å². The zero-order valence-corrected chi connectivity index (χ0v) is 13.8. The zero-order valence-electron chi connectivity index (χ0n) is 13.8. The van der Waals surface area contributed by atoms with E-state index in [1.165, 1.54) is 7.11 Å². The van der Waals surface area contributed by atoms with E-state index in [1.807, 2.05) is 0 Å². The fraction of sp³-hybridized carbons (Fsp3) is 0.722. The Labute approximate surface area is 141 Å². The molecule has 2 N–H and O–H groups in total. The number of carbonyl (C=O) groups excluding carboxylic acids is 2. The monoisotopic (exact) mass is 333 g/mol. The number of nitrogens with one attached hydrogen (secondary N) is 1. The first-order valence-electron chi connectivity index (χ1n) is 8.40. The van der Waals surface area contributed by atoms with Crippen molar-refractivity contribution in [2.45, 2.75) is 51.0 Å². The van der Waals surface area contributed by atoms with E-state index in [0.29, 0.717) is 18.3 Å². The van der Waals surface area contributed by atoms with Crippen molar-refractivity contribution in [3.8, 4) is 12.3 Å². The molecule has 0 heterocycles. The molecule has 6 nitrogen and oxygen atoms in total. The summed E-state index contributed by atoms with van der Waals surface area (Å²) in [4.78, 5) is 36.6. The second-order valence-corrected chi connectivity index (χ2v) is 7.79. The molecule has 0 aliphatic heterocycles. The average Bonchev–Trinajstić information content (AvgIpc) is 2.52. The maximum Gasteiger partial charge on any atom is 0.327 e. The zero-order chi connectivity index (χ0) is 17.5. The Hall–Kier alpha value is -2.03. The predicted molar refractivity (Wildman–Crippen MR) is 84.6 cm³/mol. The largest absolute Gasteiger partial charge is 0.480 e. The molecule has 4 saturated carbocycles. The minimum absolute atomic E-state index is 0.0494. The molecule has 4 fully saturated rings. The third-order valence-corrected chi connectivity index (χ3v) is 6.09. The summed E-state index contributed by atoms with van der Waals surface area (Å²) in [5, 5.41) is 11.8. The van der Waals surface area contributed by atoms with Crippen LogP contribution in [-0.4, -0.2) is 36.1 Å². The molecule has 0 radical (unpaired) electrons. The highest BCUT2D eigenvalue weighted by Gasteiger charge is 2.63. The summed E-state index contributed by atoms with van der Waals surface area (Å²) in [5.41, 5.74) is -1.25. The Morgan fingerprint density at radius 3 is 2.33 bits per heavy atom. The highest BCUT2D eigenvalue weighted by atomic mass is 16.5. The fourth-order valence-electron chi connectivity index (χ4n) is 5.61. The van der Waals surface area contributed by atoms with Crippen molar-refractivity contribution < 1.29 is 24.2 Å². The van der Waals surface area contributed by atoms with E-state index in [9.17, 15) is 19.5 Å². The second kappa shape index (κ2) is 5.80. The lowest BCUT2D eigenvalue weighted by molar-refractivity contribution is -0.182. The van der Waals surface area contributed by atoms with Gasteiger partial charge in [-0.3, -0.25) is 9.59 Å². The SMILES string of the molecule is C#CCC(NC(=O)C12CC3CC(C1)CC(C(=O)OC)(C3)C2)C(=O)O. The van der Waals surface area contributed by atoms with Gasteiger partial charge in [0.15, 0.2) is 0 Å². The van der Waals surface area contributed by atoms with Crippen LogP contribution >= 0.6 is 0 Å². The van der Waals surface area contributed by atoms with Crippen molar-refractivity contribution >= 4 is 17.8 Å². The van der Waals surface area contributed by atoms with Gasteiger partial charge in [-0.2, -0.15) is 0 Å². The lowest BCUT2D eigenvalue weighted by Crippen LogP contribution is -2.61. The number of carboxylic acids is 1. The number of carbonyl (C=O) groups is 3. The molecule has 0 spiro atoms. The van der Waals surface area contributed by atoms with Gasteiger partial charge in [-0.25, -0.2) is 4.79 Å². The van der Waals surface area contributed by atoms with Crippen LogP contribution in [-0.2, 0) is 19.1 Å². The molecular formula is C18H23NO5. The summed E-state index contributed by atoms with van der Waals surface area (Å²) in [6.07, 6.45) is 9.64. The van der Waals surface area contributed by atoms with Gasteiger partial charge in [-0.15, -0.1) is 12.3 Å². The Balaban J connectivity index is 1.84. The highest BCUT2D eigenvalue weighted by Crippen LogP contribution is 2.65. The number of rotatable bonds is 5. The molecule has 3 unspecified atom stereocenters. The minimum atomic E-state index is -1.13. The third kappa shape index (κ3) is 2.56. The van der Waals surface area contributed by atoms with E-state index in [1.54, 1.807) is 0 Å². The molecule has 4 rings (SSSR count). The molecule has 1 amide bonds. The van der Waals surface area contributed by atoms with E-state index in [2.05, 4.69) is 11.2 Å². The topological polar surface area (TPSA) is 92.7 Å². The van der Waals surface area contributed by atoms with Gasteiger partial charge >= 0.3 is 11.9 Å². The van der Waals surface area contributed by atoms with Gasteiger partial charge in [0.25, 0.3) is 0 Å². The van der Waals surface area contributed by atoms with E-state index < -0.39 is 22.8 Å². The third-order valence-electron chi connectivity index (χ3n) is 6.09. The van der Waals surface area contributed by atoms with Crippen LogP contribution in [0.5, 0.6) is 0 Å². The van der Waals surface area contributed by atoms with Gasteiger partial charge in [0.05, 0.1) is 17.9 Å². The summed E-state index contributed by atoms with van der Waals surface area (Å²) >= 11 is 0. The summed E-state index contributed by atoms with van der Waals surface area (Å²) < 4.78 is 5.03. The molecule has 4 bridgehead atoms. The van der Waals surface area contributed by atoms with Crippen LogP contribution in [0, 0.1) is 35.0 Å². The summed E-state index contributed by atoms with van der Waals surface area (Å²) in [5.74, 6) is 1.31. The van der Waals surface area contributed by atoms with Crippen LogP contribution in [0.25, 0.3) is 0 Å². The Kier molecular flexibility index (Phi) is 4.06. The standard InChI is InChI=1S/C18H23NO5/c1-3-4-13(14(20)21)19-15(22)17-6-11-5-12(7-17)9-18(8-11,10-17)16(23)24-2/h1,11-13H,4-10H2,2H3,(H,19,22)(H,20,21). The van der Waals surface area contributed by atoms with Gasteiger partial charge < -0.3 is 15.2 Å². The Morgan fingerprint density at radius 2 is 1.83 bits per heavy atom. The first kappa shape index (κ1) is 16.8. The first-order valence-corrected chi connectivity index (χ1v) is 8.40. The molecule has 0 aromatic rings. The van der Waals surface area contributed by atoms with Gasteiger partial charge in [0, 0.05) is 6.42 Å². The number of hydrogen-bond donors (Lipinski definition) is 2. The lowest BCUT2D eigenvalue weighted by atomic mass is 9.44. The van der Waals surface area contributed by atoms with Gasteiger partial charge in [-0.05, 0) is 50.4 Å². The highest BCUT2D eigenvalue weighted by molar-refractivity contribution is 5.89. The van der Waals surface area contributed by atoms with Gasteiger partial charge in [0.2, 0.25) is 5.91 Å². The Morgan fingerprint density at radius 1 is 1.25 bits per heavy atom. The van der Waals surface area contributed by atoms with Crippen LogP contribution in [0.4, 0.5) is 0 Å². The molecule has 4 aliphatic rings. The molecular weight excluding hydrogens is 310 g/mol. The summed E-state index contributed by atoms with van der Waals surface area (Å²) in [7, 11) is 1.39. The maximum absolute atomic E-state index is 12.9. The van der Waals surface area contributed by atoms with E-state index >= 15 is 0 Å². The number of aliphatic carboxylic acids is 1. The van der Waals surface area contributed by atoms with E-state index in [0.717, 1.165) is 32.1 Å². The molecule has 24 heavy (non-hydrogen) atoms. The summed E-state index contributed by atoms with van der Waals surface area (Å²) in [6, 6.07) is -1.08. The van der Waals surface area contributed by atoms with Gasteiger partial charge in [0.1, 0.15) is 6.04 Å². The number of terminal acetylenes is 1.